The normalized spacial score (nSPS) is 14.5. The average Bonchev–Trinajstić information content (AvgIpc) is 3.38. The predicted octanol–water partition coefficient (Wildman–Crippen LogP) is 1.86. The molecule has 5 N–H and O–H groups in total. The molecule has 1 saturated heterocycles. The van der Waals surface area contributed by atoms with Crippen LogP contribution in [-0.4, -0.2) is 54.3 Å². The number of likely N-dealkylation sites (tertiary alicyclic amines) is 1. The minimum Gasteiger partial charge on any atom is -0.492 e. The van der Waals surface area contributed by atoms with E-state index < -0.39 is 10.0 Å². The van der Waals surface area contributed by atoms with Gasteiger partial charge in [-0.25, -0.2) is 13.6 Å². The van der Waals surface area contributed by atoms with E-state index in [-0.39, 0.29) is 11.7 Å². The highest BCUT2D eigenvalue weighted by atomic mass is 32.2. The first-order valence-corrected chi connectivity index (χ1v) is 12.1. The van der Waals surface area contributed by atoms with Gasteiger partial charge in [-0.15, -0.1) is 5.10 Å². The molecule has 0 amide bonds. The lowest BCUT2D eigenvalue weighted by Crippen LogP contribution is -2.25. The number of benzene rings is 2. The van der Waals surface area contributed by atoms with Crippen LogP contribution in [0.4, 0.5) is 17.6 Å². The van der Waals surface area contributed by atoms with Gasteiger partial charge in [0.05, 0.1) is 11.4 Å². The maximum atomic E-state index is 11.2. The van der Waals surface area contributed by atoms with E-state index in [9.17, 15) is 8.42 Å². The largest absolute Gasteiger partial charge is 0.492 e. The van der Waals surface area contributed by atoms with Gasteiger partial charge in [-0.2, -0.15) is 9.67 Å². The summed E-state index contributed by atoms with van der Waals surface area (Å²) in [5.74, 6) is 1.13. The zero-order valence-corrected chi connectivity index (χ0v) is 18.5. The number of nitrogens with two attached hydrogens (primary N) is 2. The molecule has 10 nitrogen and oxygen atoms in total. The third kappa shape index (κ3) is 5.96. The molecule has 2 heterocycles. The maximum Gasteiger partial charge on any atom is 0.248 e. The van der Waals surface area contributed by atoms with Gasteiger partial charge in [-0.1, -0.05) is 12.1 Å². The molecule has 32 heavy (non-hydrogen) atoms. The third-order valence-corrected chi connectivity index (χ3v) is 5.90. The summed E-state index contributed by atoms with van der Waals surface area (Å²) in [6, 6.07) is 14.3. The molecule has 0 radical (unpaired) electrons. The lowest BCUT2D eigenvalue weighted by molar-refractivity contribution is 0.238. The third-order valence-electron chi connectivity index (χ3n) is 5.17. The standard InChI is InChI=1S/C21H27N7O3S/c22-20-25-21(26-28(20)18-7-3-16(4-8-18)15-32(23,29)30)24-17-5-9-19(10-6-17)31-14-13-27-11-1-2-12-27/h3-10H,1-2,11-15H2,(H2,23,29,30)(H3,22,24,25,26). The van der Waals surface area contributed by atoms with Crippen molar-refractivity contribution in [3.05, 3.63) is 54.1 Å². The highest BCUT2D eigenvalue weighted by Gasteiger charge is 2.12. The number of anilines is 3. The van der Waals surface area contributed by atoms with Crippen LogP contribution in [0.3, 0.4) is 0 Å². The van der Waals surface area contributed by atoms with E-state index in [1.807, 2.05) is 24.3 Å². The van der Waals surface area contributed by atoms with Gasteiger partial charge in [0.2, 0.25) is 21.9 Å². The fourth-order valence-corrected chi connectivity index (χ4v) is 4.25. The van der Waals surface area contributed by atoms with Crippen LogP contribution < -0.4 is 20.9 Å². The van der Waals surface area contributed by atoms with Crippen molar-refractivity contribution < 1.29 is 13.2 Å². The van der Waals surface area contributed by atoms with Gasteiger partial charge in [0.25, 0.3) is 0 Å². The lowest BCUT2D eigenvalue weighted by Gasteiger charge is -2.15. The molecule has 2 aromatic carbocycles. The van der Waals surface area contributed by atoms with Crippen LogP contribution in [0, 0.1) is 0 Å². The molecule has 0 saturated carbocycles. The van der Waals surface area contributed by atoms with E-state index in [4.69, 9.17) is 15.6 Å². The number of nitrogens with zero attached hydrogens (tertiary/aromatic N) is 4. The number of nitrogens with one attached hydrogen (secondary N) is 1. The Kier molecular flexibility index (Phi) is 6.58. The Balaban J connectivity index is 1.35. The van der Waals surface area contributed by atoms with Gasteiger partial charge in [0.1, 0.15) is 12.4 Å². The molecule has 3 aromatic rings. The summed E-state index contributed by atoms with van der Waals surface area (Å²) in [4.78, 5) is 6.66. The van der Waals surface area contributed by atoms with E-state index in [2.05, 4.69) is 20.3 Å². The highest BCUT2D eigenvalue weighted by molar-refractivity contribution is 7.88. The van der Waals surface area contributed by atoms with Gasteiger partial charge in [0.15, 0.2) is 0 Å². The van der Waals surface area contributed by atoms with E-state index in [0.717, 1.165) is 31.1 Å². The zero-order valence-electron chi connectivity index (χ0n) is 17.6. The second kappa shape index (κ2) is 9.55. The van der Waals surface area contributed by atoms with Crippen LogP contribution in [0.1, 0.15) is 18.4 Å². The molecular weight excluding hydrogens is 430 g/mol. The van der Waals surface area contributed by atoms with E-state index in [1.165, 1.54) is 17.5 Å². The lowest BCUT2D eigenvalue weighted by atomic mass is 10.2. The van der Waals surface area contributed by atoms with Gasteiger partial charge in [0, 0.05) is 12.2 Å². The summed E-state index contributed by atoms with van der Waals surface area (Å²) in [5.41, 5.74) is 8.05. The average molecular weight is 458 g/mol. The number of ether oxygens (including phenoxy) is 1. The molecule has 1 aromatic heterocycles. The summed E-state index contributed by atoms with van der Waals surface area (Å²) >= 11 is 0. The van der Waals surface area contributed by atoms with Crippen LogP contribution in [-0.2, 0) is 15.8 Å². The number of rotatable bonds is 9. The Labute approximate surface area is 187 Å². The Bertz CT molecular complexity index is 1140. The minimum atomic E-state index is -3.59. The van der Waals surface area contributed by atoms with Crippen molar-refractivity contribution in [3.63, 3.8) is 0 Å². The Morgan fingerprint density at radius 2 is 1.72 bits per heavy atom. The fraction of sp³-hybridized carbons (Fsp3) is 0.333. The number of hydrogen-bond acceptors (Lipinski definition) is 8. The van der Waals surface area contributed by atoms with Crippen LogP contribution in [0.2, 0.25) is 0 Å². The van der Waals surface area contributed by atoms with Gasteiger partial charge >= 0.3 is 0 Å². The fourth-order valence-electron chi connectivity index (χ4n) is 3.60. The van der Waals surface area contributed by atoms with Gasteiger partial charge in [-0.05, 0) is 67.9 Å². The van der Waals surface area contributed by atoms with Crippen molar-refractivity contribution >= 4 is 27.6 Å². The second-order valence-electron chi connectivity index (χ2n) is 7.73. The predicted molar refractivity (Wildman–Crippen MR) is 123 cm³/mol. The molecule has 170 valence electrons. The molecule has 0 unspecified atom stereocenters. The minimum absolute atomic E-state index is 0.202. The number of sulfonamides is 1. The second-order valence-corrected chi connectivity index (χ2v) is 9.34. The summed E-state index contributed by atoms with van der Waals surface area (Å²) in [7, 11) is -3.59. The van der Waals surface area contributed by atoms with Crippen molar-refractivity contribution in [2.75, 3.05) is 37.3 Å². The van der Waals surface area contributed by atoms with Crippen LogP contribution >= 0.6 is 0 Å². The number of aromatic nitrogens is 3. The first-order chi connectivity index (χ1) is 15.4. The first kappa shape index (κ1) is 22.1. The maximum absolute atomic E-state index is 11.2. The Morgan fingerprint density at radius 3 is 2.38 bits per heavy atom. The van der Waals surface area contributed by atoms with Crippen LogP contribution in [0.15, 0.2) is 48.5 Å². The number of hydrogen-bond donors (Lipinski definition) is 3. The van der Waals surface area contributed by atoms with Crippen LogP contribution in [0.25, 0.3) is 5.69 Å². The molecule has 0 spiro atoms. The summed E-state index contributed by atoms with van der Waals surface area (Å²) in [6.07, 6.45) is 2.55. The number of nitrogen functional groups attached to an aromatic ring is 1. The van der Waals surface area contributed by atoms with Crippen molar-refractivity contribution in [2.24, 2.45) is 5.14 Å². The molecule has 4 rings (SSSR count). The highest BCUT2D eigenvalue weighted by Crippen LogP contribution is 2.21. The molecular formula is C21H27N7O3S. The molecule has 0 atom stereocenters. The SMILES string of the molecule is Nc1nc(Nc2ccc(OCCN3CCCC3)cc2)nn1-c1ccc(CS(N)(=O)=O)cc1. The quantitative estimate of drug-likeness (QED) is 0.442. The molecule has 0 bridgehead atoms. The monoisotopic (exact) mass is 457 g/mol. The van der Waals surface area contributed by atoms with Crippen molar-refractivity contribution in [2.45, 2.75) is 18.6 Å². The zero-order chi connectivity index (χ0) is 22.6. The molecule has 0 aliphatic carbocycles. The molecule has 1 fully saturated rings. The molecule has 1 aliphatic rings. The van der Waals surface area contributed by atoms with E-state index in [0.29, 0.717) is 23.8 Å². The summed E-state index contributed by atoms with van der Waals surface area (Å²) < 4.78 is 29.7. The van der Waals surface area contributed by atoms with Crippen molar-refractivity contribution in [1.82, 2.24) is 19.7 Å². The van der Waals surface area contributed by atoms with E-state index in [1.54, 1.807) is 24.3 Å². The van der Waals surface area contributed by atoms with Gasteiger partial charge < -0.3 is 15.8 Å². The molecule has 11 heteroatoms. The molecule has 1 aliphatic heterocycles. The van der Waals surface area contributed by atoms with E-state index >= 15 is 0 Å². The Hall–Kier alpha value is -3.15. The van der Waals surface area contributed by atoms with Crippen molar-refractivity contribution in [3.8, 4) is 11.4 Å². The summed E-state index contributed by atoms with van der Waals surface area (Å²) in [6.45, 7) is 3.94. The topological polar surface area (TPSA) is 141 Å². The Morgan fingerprint density at radius 1 is 1.03 bits per heavy atom. The van der Waals surface area contributed by atoms with Gasteiger partial charge in [-0.3, -0.25) is 4.90 Å². The van der Waals surface area contributed by atoms with Crippen LogP contribution in [0.5, 0.6) is 5.75 Å². The summed E-state index contributed by atoms with van der Waals surface area (Å²) in [5, 5.41) is 12.6. The smallest absolute Gasteiger partial charge is 0.248 e. The first-order valence-electron chi connectivity index (χ1n) is 10.4. The van der Waals surface area contributed by atoms with Crippen molar-refractivity contribution in [1.29, 1.82) is 0 Å². The number of primary sulfonamides is 1.